The average Bonchev–Trinajstić information content (AvgIpc) is 3.75. The molecular formula is C41H50N4O2. The molecule has 1 aromatic heterocycles. The van der Waals surface area contributed by atoms with Gasteiger partial charge in [-0.05, 0) is 130 Å². The van der Waals surface area contributed by atoms with E-state index >= 15 is 0 Å². The Morgan fingerprint density at radius 3 is 2.66 bits per heavy atom. The van der Waals surface area contributed by atoms with Crippen molar-refractivity contribution in [2.75, 3.05) is 45.2 Å². The molecule has 7 heterocycles. The number of rotatable bonds is 3. The van der Waals surface area contributed by atoms with Crippen LogP contribution in [-0.4, -0.2) is 72.3 Å². The van der Waals surface area contributed by atoms with E-state index in [1.54, 1.807) is 23.9 Å². The summed E-state index contributed by atoms with van der Waals surface area (Å²) in [5.41, 5.74) is 9.46. The van der Waals surface area contributed by atoms with Crippen LogP contribution >= 0.6 is 0 Å². The van der Waals surface area contributed by atoms with Gasteiger partial charge in [0.1, 0.15) is 0 Å². The van der Waals surface area contributed by atoms with Gasteiger partial charge in [0.05, 0.1) is 30.7 Å². The minimum atomic E-state index is -0.203. The Balaban J connectivity index is 1.15. The summed E-state index contributed by atoms with van der Waals surface area (Å²) in [5.74, 6) is -0.0369. The van der Waals surface area contributed by atoms with Crippen LogP contribution in [-0.2, 0) is 21.4 Å². The maximum atomic E-state index is 13.9. The summed E-state index contributed by atoms with van der Waals surface area (Å²) in [5, 5.41) is 1.49. The molecule has 2 bridgehead atoms. The van der Waals surface area contributed by atoms with Gasteiger partial charge in [0.2, 0.25) is 0 Å². The number of para-hydroxylation sites is 1. The molecule has 9 aliphatic rings. The Bertz CT molecular complexity index is 1860. The van der Waals surface area contributed by atoms with Crippen LogP contribution in [0.2, 0.25) is 0 Å². The van der Waals surface area contributed by atoms with Crippen molar-refractivity contribution in [1.29, 1.82) is 0 Å². The lowest BCUT2D eigenvalue weighted by Crippen LogP contribution is -2.78. The highest BCUT2D eigenvalue weighted by atomic mass is 16.5. The van der Waals surface area contributed by atoms with Crippen LogP contribution in [0.15, 0.2) is 42.5 Å². The van der Waals surface area contributed by atoms with Crippen LogP contribution in [0.1, 0.15) is 106 Å². The summed E-state index contributed by atoms with van der Waals surface area (Å²) in [7, 11) is 3.95. The lowest BCUT2D eigenvalue weighted by atomic mass is 9.38. The lowest BCUT2D eigenvalue weighted by molar-refractivity contribution is -0.174. The molecule has 0 N–H and O–H groups in total. The van der Waals surface area contributed by atoms with Crippen molar-refractivity contribution in [3.05, 3.63) is 64.8 Å². The Morgan fingerprint density at radius 2 is 1.79 bits per heavy atom. The molecule has 6 fully saturated rings. The zero-order valence-corrected chi connectivity index (χ0v) is 28.6. The van der Waals surface area contributed by atoms with Gasteiger partial charge < -0.3 is 14.2 Å². The molecule has 47 heavy (non-hydrogen) atoms. The summed E-state index contributed by atoms with van der Waals surface area (Å²) >= 11 is 0. The molecule has 3 aromatic rings. The minimum Gasteiger partial charge on any atom is -0.469 e. The molecule has 3 spiro atoms. The van der Waals surface area contributed by atoms with E-state index in [-0.39, 0.29) is 28.3 Å². The number of carbonyl (C=O) groups excluding carboxylic acids is 1. The standard InChI is InChI=1S/C41H50N4O2/c1-4-38-14-7-19-43-21-13-28-27-9-5-6-10-31(27)45(34(28)35(38)43)33(25-38)26-11-12-32-29(23-26)40-18-22-44-20-8-15-39(37(40)44)16-17-41(40,42(32)2)30(24-39)36(46)47-3/h5-6,9-12,23,30,33,35,37H,4,7-8,13-22,24-25H2,1-3H3/t30-,33-,35-,37-,38+,39-,40+,41-/m0/s1. The maximum Gasteiger partial charge on any atom is 0.311 e. The number of hydrogen-bond donors (Lipinski definition) is 0. The third-order valence-electron chi connectivity index (χ3n) is 16.3. The number of carbonyl (C=O) groups is 1. The number of anilines is 1. The number of hydrogen-bond acceptors (Lipinski definition) is 5. The number of ether oxygens (including phenoxy) is 1. The summed E-state index contributed by atoms with van der Waals surface area (Å²) in [6.45, 7) is 7.31. The summed E-state index contributed by atoms with van der Waals surface area (Å²) in [6, 6.07) is 18.4. The molecule has 3 saturated carbocycles. The van der Waals surface area contributed by atoms with Gasteiger partial charge in [0.25, 0.3) is 0 Å². The van der Waals surface area contributed by atoms with Gasteiger partial charge in [0, 0.05) is 47.3 Å². The number of methoxy groups -OCH3 is 1. The van der Waals surface area contributed by atoms with Crippen LogP contribution in [0.4, 0.5) is 5.69 Å². The number of benzene rings is 2. The van der Waals surface area contributed by atoms with Crippen molar-refractivity contribution in [2.45, 2.75) is 107 Å². The SMILES string of the molecule is CC[C@@]12CCCN3CCc4c(n(c5ccccc45)[C@H](c4ccc5c(c4)[C@@]46CCN7CCC[C@@]8(CC[C@@]4([C@H](C(=O)OC)C8)N5C)[C@H]76)C1)[C@H]32. The van der Waals surface area contributed by atoms with Crippen LogP contribution in [0.3, 0.4) is 0 Å². The second kappa shape index (κ2) is 9.04. The van der Waals surface area contributed by atoms with E-state index in [2.05, 4.69) is 75.7 Å². The van der Waals surface area contributed by atoms with Crippen molar-refractivity contribution in [1.82, 2.24) is 14.4 Å². The third kappa shape index (κ3) is 2.96. The zero-order chi connectivity index (χ0) is 31.5. The van der Waals surface area contributed by atoms with Crippen molar-refractivity contribution in [2.24, 2.45) is 16.7 Å². The molecule has 0 amide bonds. The quantitative estimate of drug-likeness (QED) is 0.292. The van der Waals surface area contributed by atoms with E-state index < -0.39 is 0 Å². The predicted molar refractivity (Wildman–Crippen MR) is 185 cm³/mol. The van der Waals surface area contributed by atoms with E-state index in [0.29, 0.717) is 23.5 Å². The van der Waals surface area contributed by atoms with Gasteiger partial charge >= 0.3 is 5.97 Å². The van der Waals surface area contributed by atoms with Gasteiger partial charge in [-0.15, -0.1) is 0 Å². The summed E-state index contributed by atoms with van der Waals surface area (Å²) in [4.78, 5) is 22.2. The van der Waals surface area contributed by atoms with E-state index in [4.69, 9.17) is 4.74 Å². The number of esters is 1. The highest BCUT2D eigenvalue weighted by molar-refractivity contribution is 5.87. The normalized spacial score (nSPS) is 41.0. The molecule has 6 nitrogen and oxygen atoms in total. The fraction of sp³-hybridized carbons (Fsp3) is 0.634. The van der Waals surface area contributed by atoms with E-state index in [1.807, 2.05) is 0 Å². The first kappa shape index (κ1) is 28.1. The highest BCUT2D eigenvalue weighted by Crippen LogP contribution is 2.76. The summed E-state index contributed by atoms with van der Waals surface area (Å²) in [6.07, 6.45) is 13.3. The van der Waals surface area contributed by atoms with Gasteiger partial charge in [-0.25, -0.2) is 0 Å². The summed E-state index contributed by atoms with van der Waals surface area (Å²) < 4.78 is 8.51. The Kier molecular flexibility index (Phi) is 5.39. The number of nitrogens with zero attached hydrogens (tertiary/aromatic N) is 4. The molecule has 0 radical (unpaired) electrons. The number of aromatic nitrogens is 1. The Labute approximate surface area is 279 Å². The maximum absolute atomic E-state index is 13.9. The molecule has 12 rings (SSSR count). The molecule has 3 saturated heterocycles. The van der Waals surface area contributed by atoms with Crippen LogP contribution in [0.5, 0.6) is 0 Å². The van der Waals surface area contributed by atoms with Crippen molar-refractivity contribution in [3.63, 3.8) is 0 Å². The van der Waals surface area contributed by atoms with Crippen molar-refractivity contribution >= 4 is 22.6 Å². The Morgan fingerprint density at radius 1 is 0.936 bits per heavy atom. The number of piperidine rings is 2. The van der Waals surface area contributed by atoms with Gasteiger partial charge in [-0.1, -0.05) is 37.3 Å². The van der Waals surface area contributed by atoms with E-state index in [0.717, 1.165) is 25.8 Å². The highest BCUT2D eigenvalue weighted by Gasteiger charge is 2.80. The van der Waals surface area contributed by atoms with Gasteiger partial charge in [-0.3, -0.25) is 14.6 Å². The molecule has 6 aliphatic heterocycles. The fourth-order valence-corrected chi connectivity index (χ4v) is 14.8. The minimum absolute atomic E-state index is 0.0255. The molecule has 246 valence electrons. The number of fused-ring (bicyclic) bond motifs is 6. The molecule has 8 atom stereocenters. The van der Waals surface area contributed by atoms with E-state index in [1.165, 1.54) is 93.2 Å². The predicted octanol–water partition coefficient (Wildman–Crippen LogP) is 6.99. The first-order chi connectivity index (χ1) is 22.9. The lowest BCUT2D eigenvalue weighted by Gasteiger charge is -2.70. The largest absolute Gasteiger partial charge is 0.469 e. The molecule has 3 aliphatic carbocycles. The van der Waals surface area contributed by atoms with Crippen LogP contribution in [0, 0.1) is 16.7 Å². The monoisotopic (exact) mass is 630 g/mol. The third-order valence-corrected chi connectivity index (χ3v) is 16.3. The van der Waals surface area contributed by atoms with Crippen LogP contribution < -0.4 is 4.90 Å². The zero-order valence-electron chi connectivity index (χ0n) is 28.6. The van der Waals surface area contributed by atoms with Crippen molar-refractivity contribution in [3.8, 4) is 0 Å². The molecule has 6 heteroatoms. The Hall–Kier alpha value is -2.83. The molecular weight excluding hydrogens is 580 g/mol. The van der Waals surface area contributed by atoms with Gasteiger partial charge in [0.15, 0.2) is 0 Å². The van der Waals surface area contributed by atoms with Crippen LogP contribution in [0.25, 0.3) is 10.9 Å². The molecule has 0 unspecified atom stereocenters. The second-order valence-corrected chi connectivity index (χ2v) is 17.1. The fourth-order valence-electron chi connectivity index (χ4n) is 14.8. The smallest absolute Gasteiger partial charge is 0.311 e. The first-order valence-corrected chi connectivity index (χ1v) is 19.0. The second-order valence-electron chi connectivity index (χ2n) is 17.1. The van der Waals surface area contributed by atoms with E-state index in [9.17, 15) is 4.79 Å². The first-order valence-electron chi connectivity index (χ1n) is 19.0. The molecule has 2 aromatic carbocycles. The average molecular weight is 631 g/mol. The number of likely N-dealkylation sites (N-methyl/N-ethyl adjacent to an activating group) is 1. The van der Waals surface area contributed by atoms with Crippen molar-refractivity contribution < 1.29 is 9.53 Å². The van der Waals surface area contributed by atoms with Gasteiger partial charge in [-0.2, -0.15) is 0 Å². The topological polar surface area (TPSA) is 41.0 Å².